The summed E-state index contributed by atoms with van der Waals surface area (Å²) in [7, 11) is 0.164. The van der Waals surface area contributed by atoms with Gasteiger partial charge in [0.25, 0.3) is 5.91 Å². The first-order chi connectivity index (χ1) is 17.8. The van der Waals surface area contributed by atoms with Crippen molar-refractivity contribution in [3.63, 3.8) is 0 Å². The summed E-state index contributed by atoms with van der Waals surface area (Å²) in [5, 5.41) is 2.65. The Labute approximate surface area is 214 Å². The Balaban J connectivity index is 1.65. The topological polar surface area (TPSA) is 120 Å². The second kappa shape index (κ2) is 10.8. The summed E-state index contributed by atoms with van der Waals surface area (Å²) < 4.78 is 49.3. The van der Waals surface area contributed by atoms with Crippen LogP contribution in [0, 0.1) is 0 Å². The number of nitrogens with zero attached hydrogens (tertiary/aromatic N) is 1. The molecule has 1 atom stereocenters. The first-order valence-electron chi connectivity index (χ1n) is 11.2. The van der Waals surface area contributed by atoms with Gasteiger partial charge in [0.1, 0.15) is 5.75 Å². The Bertz CT molecular complexity index is 1410. The molecule has 0 aliphatic carbocycles. The number of fused-ring (bicyclic) bond motifs is 1. The molecule has 1 aliphatic rings. The van der Waals surface area contributed by atoms with E-state index in [4.69, 9.17) is 18.9 Å². The second-order valence-electron chi connectivity index (χ2n) is 8.08. The number of rotatable bonds is 8. The van der Waals surface area contributed by atoms with Crippen LogP contribution < -0.4 is 23.8 Å². The summed E-state index contributed by atoms with van der Waals surface area (Å²) in [5.41, 5.74) is 1.07. The molecule has 0 fully saturated rings. The third kappa shape index (κ3) is 5.46. The summed E-state index contributed by atoms with van der Waals surface area (Å²) in [6.07, 6.45) is -1.21. The van der Waals surface area contributed by atoms with Gasteiger partial charge in [0.15, 0.2) is 17.6 Å². The Hall–Kier alpha value is -4.25. The first kappa shape index (κ1) is 25.8. The Morgan fingerprint density at radius 1 is 0.973 bits per heavy atom. The average molecular weight is 527 g/mol. The Morgan fingerprint density at radius 2 is 1.62 bits per heavy atom. The molecule has 0 saturated carbocycles. The molecule has 0 aromatic heterocycles. The van der Waals surface area contributed by atoms with Crippen LogP contribution in [0.4, 0.5) is 11.4 Å². The van der Waals surface area contributed by atoms with Crippen molar-refractivity contribution in [1.29, 1.82) is 0 Å². The zero-order valence-electron chi connectivity index (χ0n) is 20.5. The van der Waals surface area contributed by atoms with Gasteiger partial charge in [0.05, 0.1) is 50.6 Å². The smallest absolute Gasteiger partial charge is 0.340 e. The number of methoxy groups -OCH3 is 3. The molecule has 194 valence electrons. The summed E-state index contributed by atoms with van der Waals surface area (Å²) in [5.74, 6) is -0.844. The van der Waals surface area contributed by atoms with Crippen LogP contribution in [0.2, 0.25) is 0 Å². The maximum absolute atomic E-state index is 13.4. The number of para-hydroxylation sites is 2. The largest absolute Gasteiger partial charge is 0.493 e. The molecule has 3 aromatic carbocycles. The molecule has 11 heteroatoms. The van der Waals surface area contributed by atoms with E-state index in [9.17, 15) is 18.0 Å². The minimum atomic E-state index is -3.87. The van der Waals surface area contributed by atoms with Gasteiger partial charge in [0.2, 0.25) is 10.0 Å². The first-order valence-corrected chi connectivity index (χ1v) is 12.8. The molecule has 0 saturated heterocycles. The molecule has 0 radical (unpaired) electrons. The highest BCUT2D eigenvalue weighted by atomic mass is 32.2. The van der Waals surface area contributed by atoms with Gasteiger partial charge < -0.3 is 24.3 Å². The van der Waals surface area contributed by atoms with Crippen molar-refractivity contribution in [3.05, 3.63) is 77.9 Å². The lowest BCUT2D eigenvalue weighted by atomic mass is 10.1. The van der Waals surface area contributed by atoms with Crippen LogP contribution in [0.5, 0.6) is 17.2 Å². The average Bonchev–Trinajstić information content (AvgIpc) is 2.91. The van der Waals surface area contributed by atoms with E-state index in [-0.39, 0.29) is 40.8 Å². The number of hydrogen-bond acceptors (Lipinski definition) is 8. The zero-order chi connectivity index (χ0) is 26.6. The van der Waals surface area contributed by atoms with Gasteiger partial charge in [-0.1, -0.05) is 42.5 Å². The van der Waals surface area contributed by atoms with Crippen molar-refractivity contribution >= 4 is 33.3 Å². The van der Waals surface area contributed by atoms with Crippen LogP contribution in [0.1, 0.15) is 15.9 Å². The van der Waals surface area contributed by atoms with Crippen LogP contribution >= 0.6 is 0 Å². The molecule has 10 nitrogen and oxygen atoms in total. The van der Waals surface area contributed by atoms with Crippen LogP contribution in [0.15, 0.2) is 66.7 Å². The summed E-state index contributed by atoms with van der Waals surface area (Å²) in [6.45, 7) is -0.265. The number of amides is 1. The number of ether oxygens (including phenoxy) is 4. The fraction of sp³-hybridized carbons (Fsp3) is 0.231. The fourth-order valence-electron chi connectivity index (χ4n) is 3.94. The maximum atomic E-state index is 13.4. The van der Waals surface area contributed by atoms with Crippen molar-refractivity contribution in [1.82, 2.24) is 0 Å². The number of carbonyl (C=O) groups is 2. The van der Waals surface area contributed by atoms with Crippen molar-refractivity contribution < 1.29 is 37.0 Å². The Kier molecular flexibility index (Phi) is 7.53. The van der Waals surface area contributed by atoms with Crippen molar-refractivity contribution in [2.45, 2.75) is 11.9 Å². The molecule has 0 spiro atoms. The maximum Gasteiger partial charge on any atom is 0.340 e. The molecule has 1 aliphatic heterocycles. The van der Waals surface area contributed by atoms with Crippen molar-refractivity contribution in [2.24, 2.45) is 0 Å². The molecule has 37 heavy (non-hydrogen) atoms. The minimum Gasteiger partial charge on any atom is -0.493 e. The van der Waals surface area contributed by atoms with E-state index >= 15 is 0 Å². The van der Waals surface area contributed by atoms with Gasteiger partial charge in [0, 0.05) is 12.1 Å². The van der Waals surface area contributed by atoms with Gasteiger partial charge in [-0.25, -0.2) is 13.2 Å². The number of esters is 1. The van der Waals surface area contributed by atoms with E-state index in [0.29, 0.717) is 11.3 Å². The van der Waals surface area contributed by atoms with Gasteiger partial charge >= 0.3 is 5.97 Å². The van der Waals surface area contributed by atoms with E-state index in [1.807, 2.05) is 0 Å². The number of nitrogens with one attached hydrogen (secondary N) is 1. The molecule has 3 aromatic rings. The number of sulfonamides is 1. The SMILES string of the molecule is COC(=O)c1cc(OC)c(OC)cc1NC(=O)[C@H]1CN(S(=O)(=O)Cc2ccccc2)c2ccccc2O1. The van der Waals surface area contributed by atoms with E-state index in [0.717, 1.165) is 0 Å². The van der Waals surface area contributed by atoms with Gasteiger partial charge in [-0.2, -0.15) is 0 Å². The molecular formula is C26H26N2O8S. The lowest BCUT2D eigenvalue weighted by Gasteiger charge is -2.34. The molecule has 0 unspecified atom stereocenters. The van der Waals surface area contributed by atoms with Crippen LogP contribution in [-0.4, -0.2) is 54.3 Å². The number of hydrogen-bond donors (Lipinski definition) is 1. The number of carbonyl (C=O) groups excluding carboxylic acids is 2. The third-order valence-electron chi connectivity index (χ3n) is 5.74. The highest BCUT2D eigenvalue weighted by Crippen LogP contribution is 2.37. The van der Waals surface area contributed by atoms with E-state index in [1.54, 1.807) is 54.6 Å². The molecule has 0 bridgehead atoms. The molecule has 1 N–H and O–H groups in total. The van der Waals surface area contributed by atoms with Crippen molar-refractivity contribution in [3.8, 4) is 17.2 Å². The van der Waals surface area contributed by atoms with Gasteiger partial charge in [-0.15, -0.1) is 0 Å². The highest BCUT2D eigenvalue weighted by molar-refractivity contribution is 7.92. The van der Waals surface area contributed by atoms with Gasteiger partial charge in [-0.3, -0.25) is 9.10 Å². The minimum absolute atomic E-state index is 0.0262. The fourth-order valence-corrected chi connectivity index (χ4v) is 5.52. The monoisotopic (exact) mass is 526 g/mol. The predicted octanol–water partition coefficient (Wildman–Crippen LogP) is 3.23. The molecule has 1 amide bonds. The standard InChI is InChI=1S/C26H26N2O8S/c1-33-22-13-18(26(30)35-3)19(14-23(22)34-2)27-25(29)24-15-28(20-11-7-8-12-21(20)36-24)37(31,32)16-17-9-5-4-6-10-17/h4-14,24H,15-16H2,1-3H3,(H,27,29)/t24-/m1/s1. The van der Waals surface area contributed by atoms with E-state index in [2.05, 4.69) is 5.32 Å². The highest BCUT2D eigenvalue weighted by Gasteiger charge is 2.37. The van der Waals surface area contributed by atoms with Crippen LogP contribution in [-0.2, 0) is 25.3 Å². The normalized spacial score (nSPS) is 14.7. The van der Waals surface area contributed by atoms with Crippen LogP contribution in [0.3, 0.4) is 0 Å². The summed E-state index contributed by atoms with van der Waals surface area (Å²) >= 11 is 0. The molecule has 4 rings (SSSR count). The predicted molar refractivity (Wildman–Crippen MR) is 137 cm³/mol. The number of benzene rings is 3. The van der Waals surface area contributed by atoms with Crippen LogP contribution in [0.25, 0.3) is 0 Å². The second-order valence-corrected chi connectivity index (χ2v) is 9.97. The Morgan fingerprint density at radius 3 is 2.30 bits per heavy atom. The zero-order valence-corrected chi connectivity index (χ0v) is 21.3. The molecular weight excluding hydrogens is 500 g/mol. The quantitative estimate of drug-likeness (QED) is 0.444. The molecule has 1 heterocycles. The lowest BCUT2D eigenvalue weighted by Crippen LogP contribution is -2.49. The summed E-state index contributed by atoms with van der Waals surface area (Å²) in [6, 6.07) is 18.2. The lowest BCUT2D eigenvalue weighted by molar-refractivity contribution is -0.122. The third-order valence-corrected chi connectivity index (χ3v) is 7.46. The van der Waals surface area contributed by atoms with Crippen molar-refractivity contribution in [2.75, 3.05) is 37.5 Å². The van der Waals surface area contributed by atoms with E-state index in [1.165, 1.54) is 37.8 Å². The van der Waals surface area contributed by atoms with E-state index < -0.39 is 28.0 Å². The summed E-state index contributed by atoms with van der Waals surface area (Å²) in [4.78, 5) is 25.7. The number of anilines is 2. The van der Waals surface area contributed by atoms with Gasteiger partial charge in [-0.05, 0) is 17.7 Å².